The van der Waals surface area contributed by atoms with Gasteiger partial charge in [-0.1, -0.05) is 36.4 Å². The largest absolute Gasteiger partial charge is 0.489 e. The minimum atomic E-state index is -1.58. The Balaban J connectivity index is 1.32. The molecule has 3 heterocycles. The summed E-state index contributed by atoms with van der Waals surface area (Å²) in [6.45, 7) is 3.22. The van der Waals surface area contributed by atoms with Crippen LogP contribution in [0.1, 0.15) is 48.3 Å². The number of nitrogens with one attached hydrogen (secondary N) is 1. The maximum absolute atomic E-state index is 13.3. The van der Waals surface area contributed by atoms with Crippen molar-refractivity contribution in [1.29, 1.82) is 0 Å². The summed E-state index contributed by atoms with van der Waals surface area (Å²) < 4.78 is 12.0. The van der Waals surface area contributed by atoms with Crippen molar-refractivity contribution in [2.24, 2.45) is 5.73 Å². The fourth-order valence-corrected chi connectivity index (χ4v) is 4.85. The molecule has 9 nitrogen and oxygen atoms in total. The fourth-order valence-electron chi connectivity index (χ4n) is 4.85. The van der Waals surface area contributed by atoms with E-state index in [2.05, 4.69) is 10.3 Å². The van der Waals surface area contributed by atoms with Gasteiger partial charge in [-0.05, 0) is 51.0 Å². The number of carbonyl (C=O) groups is 2. The molecular formula is C31H30N4O5. The number of rotatable bonds is 8. The lowest BCUT2D eigenvalue weighted by Gasteiger charge is -2.26. The molecule has 0 radical (unpaired) electrons. The maximum atomic E-state index is 13.3. The van der Waals surface area contributed by atoms with Gasteiger partial charge in [0, 0.05) is 28.3 Å². The second-order valence-corrected chi connectivity index (χ2v) is 10.9. The summed E-state index contributed by atoms with van der Waals surface area (Å²) in [5.74, 6) is 0.117. The van der Waals surface area contributed by atoms with Gasteiger partial charge in [0.1, 0.15) is 40.3 Å². The molecule has 2 amide bonds. The van der Waals surface area contributed by atoms with Gasteiger partial charge < -0.3 is 25.6 Å². The first-order valence-electron chi connectivity index (χ1n) is 13.3. The molecule has 0 unspecified atom stereocenters. The van der Waals surface area contributed by atoms with E-state index in [1.165, 1.54) is 0 Å². The van der Waals surface area contributed by atoms with Crippen LogP contribution in [-0.4, -0.2) is 46.1 Å². The first-order chi connectivity index (χ1) is 19.2. The number of primary amides is 1. The normalized spacial score (nSPS) is 19.4. The van der Waals surface area contributed by atoms with Gasteiger partial charge in [-0.2, -0.15) is 0 Å². The Kier molecular flexibility index (Phi) is 6.18. The molecule has 0 saturated heterocycles. The molecular weight excluding hydrogens is 508 g/mol. The van der Waals surface area contributed by atoms with Crippen molar-refractivity contribution < 1.29 is 24.2 Å². The second kappa shape index (κ2) is 9.60. The van der Waals surface area contributed by atoms with Crippen LogP contribution in [0.3, 0.4) is 0 Å². The summed E-state index contributed by atoms with van der Waals surface area (Å²) >= 11 is 0. The SMILES string of the molecule is C[C@](O)(CNC(=O)c1cc(OC2CC2)c2ncccc2c1)c1cc2c(c(-c3ccccc3)n1)OC[C@]2(C)C(N)=O. The van der Waals surface area contributed by atoms with Crippen LogP contribution in [-0.2, 0) is 15.8 Å². The molecule has 1 saturated carbocycles. The predicted octanol–water partition coefficient (Wildman–Crippen LogP) is 3.61. The van der Waals surface area contributed by atoms with Gasteiger partial charge in [-0.25, -0.2) is 4.98 Å². The Morgan fingerprint density at radius 1 is 1.18 bits per heavy atom. The highest BCUT2D eigenvalue weighted by molar-refractivity contribution is 6.00. The highest BCUT2D eigenvalue weighted by Gasteiger charge is 2.45. The third-order valence-electron chi connectivity index (χ3n) is 7.56. The van der Waals surface area contributed by atoms with Gasteiger partial charge in [0.25, 0.3) is 5.91 Å². The third-order valence-corrected chi connectivity index (χ3v) is 7.56. The molecule has 2 aromatic carbocycles. The number of carbonyl (C=O) groups excluding carboxylic acids is 2. The van der Waals surface area contributed by atoms with E-state index in [-0.39, 0.29) is 30.9 Å². The van der Waals surface area contributed by atoms with Gasteiger partial charge in [-0.15, -0.1) is 0 Å². The molecule has 2 aromatic heterocycles. The Morgan fingerprint density at radius 3 is 2.67 bits per heavy atom. The first-order valence-corrected chi connectivity index (χ1v) is 13.3. The molecule has 0 spiro atoms. The highest BCUT2D eigenvalue weighted by Crippen LogP contribution is 2.45. The Labute approximate surface area is 231 Å². The lowest BCUT2D eigenvalue weighted by molar-refractivity contribution is -0.123. The standard InChI is InChI=1S/C31H30N4O5/c1-30(29(32)37)17-39-27-22(30)15-24(35-26(27)18-7-4-3-5-8-18)31(2,38)16-34-28(36)20-13-19-9-6-12-33-25(19)23(14-20)40-21-10-11-21/h3-9,12-15,21,38H,10-11,16-17H2,1-2H3,(H2,32,37)(H,34,36)/t30-,31-/m0/s1. The third kappa shape index (κ3) is 4.62. The van der Waals surface area contributed by atoms with Gasteiger partial charge in [0.2, 0.25) is 5.91 Å². The number of aromatic nitrogens is 2. The van der Waals surface area contributed by atoms with Gasteiger partial charge in [-0.3, -0.25) is 14.6 Å². The second-order valence-electron chi connectivity index (χ2n) is 10.9. The summed E-state index contributed by atoms with van der Waals surface area (Å²) in [4.78, 5) is 34.9. The molecule has 2 atom stereocenters. The Hall–Kier alpha value is -4.50. The van der Waals surface area contributed by atoms with Crippen LogP contribution in [0, 0.1) is 0 Å². The smallest absolute Gasteiger partial charge is 0.251 e. The minimum Gasteiger partial charge on any atom is -0.489 e. The Morgan fingerprint density at radius 2 is 1.95 bits per heavy atom. The van der Waals surface area contributed by atoms with Crippen molar-refractivity contribution in [3.8, 4) is 22.8 Å². The molecule has 40 heavy (non-hydrogen) atoms. The van der Waals surface area contributed by atoms with Crippen LogP contribution in [0.5, 0.6) is 11.5 Å². The van der Waals surface area contributed by atoms with Crippen molar-refractivity contribution in [2.45, 2.75) is 43.8 Å². The minimum absolute atomic E-state index is 0.0730. The number of fused-ring (bicyclic) bond motifs is 2. The van der Waals surface area contributed by atoms with Crippen molar-refractivity contribution in [3.05, 3.63) is 83.7 Å². The molecule has 1 aliphatic heterocycles. The van der Waals surface area contributed by atoms with E-state index in [0.29, 0.717) is 33.8 Å². The number of pyridine rings is 2. The quantitative estimate of drug-likeness (QED) is 0.312. The number of benzene rings is 2. The summed E-state index contributed by atoms with van der Waals surface area (Å²) in [5, 5.41) is 15.2. The van der Waals surface area contributed by atoms with Crippen molar-refractivity contribution in [2.75, 3.05) is 13.2 Å². The van der Waals surface area contributed by atoms with Crippen LogP contribution in [0.4, 0.5) is 0 Å². The summed E-state index contributed by atoms with van der Waals surface area (Å²) in [6.07, 6.45) is 3.79. The van der Waals surface area contributed by atoms with E-state index < -0.39 is 16.9 Å². The molecule has 4 N–H and O–H groups in total. The molecule has 2 aliphatic rings. The van der Waals surface area contributed by atoms with Crippen molar-refractivity contribution in [3.63, 3.8) is 0 Å². The molecule has 6 rings (SSSR count). The molecule has 1 aliphatic carbocycles. The topological polar surface area (TPSA) is 137 Å². The van der Waals surface area contributed by atoms with Crippen LogP contribution in [0.15, 0.2) is 66.9 Å². The van der Waals surface area contributed by atoms with Gasteiger partial charge in [0.15, 0.2) is 0 Å². The molecule has 0 bridgehead atoms. The highest BCUT2D eigenvalue weighted by atomic mass is 16.5. The number of amides is 2. The number of ether oxygens (including phenoxy) is 2. The molecule has 9 heteroatoms. The number of aliphatic hydroxyl groups is 1. The lowest BCUT2D eigenvalue weighted by Crippen LogP contribution is -2.41. The summed E-state index contributed by atoms with van der Waals surface area (Å²) in [6, 6.07) is 18.2. The number of hydrogen-bond donors (Lipinski definition) is 3. The summed E-state index contributed by atoms with van der Waals surface area (Å²) in [7, 11) is 0. The zero-order chi connectivity index (χ0) is 28.1. The van der Waals surface area contributed by atoms with Crippen LogP contribution in [0.25, 0.3) is 22.2 Å². The van der Waals surface area contributed by atoms with Crippen LogP contribution < -0.4 is 20.5 Å². The van der Waals surface area contributed by atoms with E-state index in [1.54, 1.807) is 38.2 Å². The molecule has 204 valence electrons. The van der Waals surface area contributed by atoms with E-state index in [0.717, 1.165) is 23.8 Å². The monoisotopic (exact) mass is 538 g/mol. The maximum Gasteiger partial charge on any atom is 0.251 e. The van der Waals surface area contributed by atoms with E-state index >= 15 is 0 Å². The van der Waals surface area contributed by atoms with Crippen molar-refractivity contribution in [1.82, 2.24) is 15.3 Å². The number of nitrogens with zero attached hydrogens (tertiary/aromatic N) is 2. The number of nitrogens with two attached hydrogens (primary N) is 1. The summed E-state index contributed by atoms with van der Waals surface area (Å²) in [5.41, 5.74) is 6.29. The van der Waals surface area contributed by atoms with Gasteiger partial charge >= 0.3 is 0 Å². The fraction of sp³-hybridized carbons (Fsp3) is 0.290. The van der Waals surface area contributed by atoms with E-state index in [4.69, 9.17) is 20.2 Å². The first kappa shape index (κ1) is 25.8. The van der Waals surface area contributed by atoms with Crippen molar-refractivity contribution >= 4 is 22.7 Å². The molecule has 4 aromatic rings. The zero-order valence-corrected chi connectivity index (χ0v) is 22.3. The van der Waals surface area contributed by atoms with Gasteiger partial charge in [0.05, 0.1) is 18.3 Å². The lowest BCUT2D eigenvalue weighted by atomic mass is 9.82. The van der Waals surface area contributed by atoms with Crippen LogP contribution in [0.2, 0.25) is 0 Å². The van der Waals surface area contributed by atoms with Crippen LogP contribution >= 0.6 is 0 Å². The Bertz CT molecular complexity index is 1630. The van der Waals surface area contributed by atoms with E-state index in [1.807, 2.05) is 42.5 Å². The van der Waals surface area contributed by atoms with E-state index in [9.17, 15) is 14.7 Å². The number of hydrogen-bond acceptors (Lipinski definition) is 7. The molecule has 1 fully saturated rings. The predicted molar refractivity (Wildman–Crippen MR) is 149 cm³/mol. The average molecular weight is 539 g/mol. The average Bonchev–Trinajstić information content (AvgIpc) is 3.71. The zero-order valence-electron chi connectivity index (χ0n) is 22.3.